The van der Waals surface area contributed by atoms with Crippen molar-refractivity contribution in [2.24, 2.45) is 0 Å². The second kappa shape index (κ2) is 14.2. The van der Waals surface area contributed by atoms with E-state index in [0.717, 1.165) is 12.1 Å². The van der Waals surface area contributed by atoms with Crippen LogP contribution in [0.3, 0.4) is 0 Å². The number of rotatable bonds is 8. The monoisotopic (exact) mass is 622 g/mol. The van der Waals surface area contributed by atoms with Crippen LogP contribution in [0.4, 0.5) is 26.7 Å². The van der Waals surface area contributed by atoms with Crippen LogP contribution in [0.15, 0.2) is 30.5 Å². The first-order chi connectivity index (χ1) is 19.4. The summed E-state index contributed by atoms with van der Waals surface area (Å²) in [5, 5.41) is 12.8. The Morgan fingerprint density at radius 2 is 1.64 bits per heavy atom. The number of aromatic nitrogens is 2. The fraction of sp³-hybridized carbons (Fsp3) is 0.385. The molecule has 0 aliphatic rings. The summed E-state index contributed by atoms with van der Waals surface area (Å²) in [5.41, 5.74) is 0.113. The summed E-state index contributed by atoms with van der Waals surface area (Å²) in [6.07, 6.45) is -3.63. The van der Waals surface area contributed by atoms with Crippen LogP contribution in [0.2, 0.25) is 5.02 Å². The molecule has 42 heavy (non-hydrogen) atoms. The standard InChI is InChI=1S/C24H27ClF2N4O4.C2HF3O2/c1-14-20(22(32)28-9-6-10-29-23(33)35-24(2,3)4)31-12-15(25)11-19(21(31)30-14)34-13-16-17(26)7-5-8-18(16)27;3-2(4,5)1(6)7/h5,7-8,11-12H,6,9-10,13H2,1-4H3,(H,28,32)(H,29,33);(H,6,7). The van der Waals surface area contributed by atoms with Crippen LogP contribution in [-0.4, -0.2) is 57.3 Å². The van der Waals surface area contributed by atoms with Crippen LogP contribution < -0.4 is 15.4 Å². The minimum absolute atomic E-state index is 0.170. The van der Waals surface area contributed by atoms with E-state index >= 15 is 0 Å². The minimum atomic E-state index is -5.08. The molecule has 0 saturated carbocycles. The number of hydrogen-bond acceptors (Lipinski definition) is 6. The van der Waals surface area contributed by atoms with Crippen molar-refractivity contribution in [1.29, 1.82) is 0 Å². The van der Waals surface area contributed by atoms with Crippen molar-refractivity contribution in [3.8, 4) is 5.75 Å². The van der Waals surface area contributed by atoms with E-state index in [1.807, 2.05) is 0 Å². The molecule has 0 bridgehead atoms. The number of alkyl halides is 3. The average Bonchev–Trinajstić information content (AvgIpc) is 3.17. The van der Waals surface area contributed by atoms with E-state index in [4.69, 9.17) is 31.0 Å². The molecule has 1 aromatic carbocycles. The Morgan fingerprint density at radius 3 is 2.19 bits per heavy atom. The van der Waals surface area contributed by atoms with Gasteiger partial charge >= 0.3 is 18.2 Å². The van der Waals surface area contributed by atoms with Crippen molar-refractivity contribution in [1.82, 2.24) is 20.0 Å². The van der Waals surface area contributed by atoms with Crippen LogP contribution in [-0.2, 0) is 16.1 Å². The zero-order chi connectivity index (χ0) is 31.8. The van der Waals surface area contributed by atoms with Crippen molar-refractivity contribution in [2.45, 2.75) is 52.5 Å². The maximum atomic E-state index is 14.0. The Hall–Kier alpha value is -4.14. The summed E-state index contributed by atoms with van der Waals surface area (Å²) in [7, 11) is 0. The lowest BCUT2D eigenvalue weighted by Gasteiger charge is -2.19. The molecule has 10 nitrogen and oxygen atoms in total. The first-order valence-electron chi connectivity index (χ1n) is 12.2. The van der Waals surface area contributed by atoms with Gasteiger partial charge in [-0.15, -0.1) is 0 Å². The molecule has 2 heterocycles. The number of carbonyl (C=O) groups excluding carboxylic acids is 2. The number of carboxylic acid groups (broad SMARTS) is 1. The molecule has 0 saturated heterocycles. The first-order valence-corrected chi connectivity index (χ1v) is 12.6. The number of fused-ring (bicyclic) bond motifs is 1. The SMILES string of the molecule is Cc1nc2c(OCc3c(F)cccc3F)cc(Cl)cn2c1C(=O)NCCCNC(=O)OC(C)(C)C.O=C(O)C(F)(F)F. The van der Waals surface area contributed by atoms with Gasteiger partial charge in [0.25, 0.3) is 5.91 Å². The Balaban J connectivity index is 0.000000782. The minimum Gasteiger partial charge on any atom is -0.485 e. The predicted octanol–water partition coefficient (Wildman–Crippen LogP) is 5.43. The Kier molecular flexibility index (Phi) is 11.5. The van der Waals surface area contributed by atoms with Crippen molar-refractivity contribution >= 4 is 35.2 Å². The largest absolute Gasteiger partial charge is 0.490 e. The molecule has 2 aromatic heterocycles. The van der Waals surface area contributed by atoms with Crippen molar-refractivity contribution in [3.63, 3.8) is 0 Å². The van der Waals surface area contributed by atoms with Gasteiger partial charge in [0, 0.05) is 25.4 Å². The van der Waals surface area contributed by atoms with E-state index in [2.05, 4.69) is 15.6 Å². The lowest BCUT2D eigenvalue weighted by Crippen LogP contribution is -2.34. The van der Waals surface area contributed by atoms with Gasteiger partial charge in [0.2, 0.25) is 0 Å². The smallest absolute Gasteiger partial charge is 0.485 e. The molecule has 0 spiro atoms. The summed E-state index contributed by atoms with van der Waals surface area (Å²) in [6, 6.07) is 5.01. The number of amides is 2. The summed E-state index contributed by atoms with van der Waals surface area (Å²) in [6.45, 7) is 7.19. The number of aryl methyl sites for hydroxylation is 1. The normalized spacial score (nSPS) is 11.4. The van der Waals surface area contributed by atoms with Gasteiger partial charge in [-0.05, 0) is 46.2 Å². The third-order valence-corrected chi connectivity index (χ3v) is 5.23. The van der Waals surface area contributed by atoms with Crippen LogP contribution in [0.1, 0.15) is 48.9 Å². The van der Waals surface area contributed by atoms with Gasteiger partial charge in [-0.25, -0.2) is 23.4 Å². The molecule has 0 fully saturated rings. The van der Waals surface area contributed by atoms with Crippen molar-refractivity contribution < 1.29 is 50.9 Å². The highest BCUT2D eigenvalue weighted by Crippen LogP contribution is 2.28. The van der Waals surface area contributed by atoms with Crippen molar-refractivity contribution in [3.05, 3.63) is 64.1 Å². The number of aliphatic carboxylic acids is 1. The molecular formula is C26H28ClF5N4O6. The van der Waals surface area contributed by atoms with E-state index in [-0.39, 0.29) is 40.8 Å². The molecule has 0 aliphatic carbocycles. The molecule has 3 N–H and O–H groups in total. The Morgan fingerprint density at radius 1 is 1.07 bits per heavy atom. The van der Waals surface area contributed by atoms with Crippen LogP contribution >= 0.6 is 11.6 Å². The molecular weight excluding hydrogens is 595 g/mol. The molecule has 230 valence electrons. The van der Waals surface area contributed by atoms with Gasteiger partial charge in [-0.2, -0.15) is 13.2 Å². The highest BCUT2D eigenvalue weighted by atomic mass is 35.5. The fourth-order valence-electron chi connectivity index (χ4n) is 3.27. The maximum absolute atomic E-state index is 14.0. The zero-order valence-electron chi connectivity index (χ0n) is 22.9. The first kappa shape index (κ1) is 34.1. The summed E-state index contributed by atoms with van der Waals surface area (Å²) < 4.78 is 71.9. The number of hydrogen-bond donors (Lipinski definition) is 3. The van der Waals surface area contributed by atoms with Gasteiger partial charge in [-0.3, -0.25) is 9.20 Å². The van der Waals surface area contributed by atoms with E-state index in [9.17, 15) is 31.5 Å². The molecule has 3 aromatic rings. The number of imidazole rings is 1. The molecule has 0 aliphatic heterocycles. The third-order valence-electron chi connectivity index (χ3n) is 5.03. The number of ether oxygens (including phenoxy) is 2. The highest BCUT2D eigenvalue weighted by molar-refractivity contribution is 6.30. The van der Waals surface area contributed by atoms with Crippen LogP contribution in [0.25, 0.3) is 5.65 Å². The van der Waals surface area contributed by atoms with Crippen LogP contribution in [0, 0.1) is 18.6 Å². The number of carbonyl (C=O) groups is 3. The topological polar surface area (TPSA) is 131 Å². The Bertz CT molecular complexity index is 1420. The fourth-order valence-corrected chi connectivity index (χ4v) is 3.47. The molecule has 2 amide bonds. The van der Waals surface area contributed by atoms with E-state index < -0.39 is 41.4 Å². The molecule has 0 radical (unpaired) electrons. The second-order valence-corrected chi connectivity index (χ2v) is 10.0. The molecule has 0 atom stereocenters. The lowest BCUT2D eigenvalue weighted by molar-refractivity contribution is -0.192. The van der Waals surface area contributed by atoms with Gasteiger partial charge in [0.1, 0.15) is 29.5 Å². The van der Waals surface area contributed by atoms with E-state index in [0.29, 0.717) is 18.7 Å². The number of pyridine rings is 1. The molecule has 0 unspecified atom stereocenters. The molecule has 16 heteroatoms. The van der Waals surface area contributed by atoms with Crippen molar-refractivity contribution in [2.75, 3.05) is 13.1 Å². The molecule has 3 rings (SSSR count). The number of alkyl carbamates (subject to hydrolysis) is 1. The number of carboxylic acids is 1. The second-order valence-electron chi connectivity index (χ2n) is 9.59. The average molecular weight is 623 g/mol. The van der Waals surface area contributed by atoms with E-state index in [1.165, 1.54) is 22.7 Å². The van der Waals surface area contributed by atoms with Gasteiger partial charge in [0.05, 0.1) is 16.3 Å². The third kappa shape index (κ3) is 10.0. The highest BCUT2D eigenvalue weighted by Gasteiger charge is 2.38. The number of benzene rings is 1. The number of nitrogens with zero attached hydrogens (tertiary/aromatic N) is 2. The zero-order valence-corrected chi connectivity index (χ0v) is 23.6. The van der Waals surface area contributed by atoms with Gasteiger partial charge in [-0.1, -0.05) is 17.7 Å². The summed E-state index contributed by atoms with van der Waals surface area (Å²) >= 11 is 6.21. The summed E-state index contributed by atoms with van der Waals surface area (Å²) in [5.74, 6) is -4.45. The van der Waals surface area contributed by atoms with E-state index in [1.54, 1.807) is 27.7 Å². The maximum Gasteiger partial charge on any atom is 0.490 e. The predicted molar refractivity (Wildman–Crippen MR) is 141 cm³/mol. The quantitative estimate of drug-likeness (QED) is 0.225. The van der Waals surface area contributed by atoms with Gasteiger partial charge in [0.15, 0.2) is 11.4 Å². The lowest BCUT2D eigenvalue weighted by atomic mass is 10.2. The number of halogens is 6. The van der Waals surface area contributed by atoms with Crippen LogP contribution in [0.5, 0.6) is 5.75 Å². The number of nitrogens with one attached hydrogen (secondary N) is 2. The van der Waals surface area contributed by atoms with Gasteiger partial charge < -0.3 is 25.2 Å². The summed E-state index contributed by atoms with van der Waals surface area (Å²) in [4.78, 5) is 37.8. The Labute approximate surface area is 241 Å².